The summed E-state index contributed by atoms with van der Waals surface area (Å²) in [7, 11) is 0. The molecule has 0 aliphatic carbocycles. The number of aromatic nitrogens is 3. The second kappa shape index (κ2) is 9.82. The number of aryl methyl sites for hydroxylation is 2. The van der Waals surface area contributed by atoms with E-state index in [2.05, 4.69) is 26.8 Å². The van der Waals surface area contributed by atoms with Gasteiger partial charge in [-0.3, -0.25) is 9.59 Å². The van der Waals surface area contributed by atoms with Crippen molar-refractivity contribution in [3.63, 3.8) is 0 Å². The highest BCUT2D eigenvalue weighted by Gasteiger charge is 2.18. The van der Waals surface area contributed by atoms with E-state index in [1.165, 1.54) is 6.08 Å². The highest BCUT2D eigenvalue weighted by molar-refractivity contribution is 7.99. The number of thiazole rings is 1. The molecule has 9 nitrogen and oxygen atoms in total. The maximum Gasteiger partial charge on any atom is 0.358 e. The predicted molar refractivity (Wildman–Crippen MR) is 106 cm³/mol. The van der Waals surface area contributed by atoms with Gasteiger partial charge in [0, 0.05) is 4.88 Å². The number of ether oxygens (including phenoxy) is 1. The molecule has 146 valence electrons. The van der Waals surface area contributed by atoms with E-state index in [9.17, 15) is 14.4 Å². The second-order valence-corrected chi connectivity index (χ2v) is 7.47. The van der Waals surface area contributed by atoms with Gasteiger partial charge in [-0.25, -0.2) is 14.8 Å². The molecule has 0 fully saturated rings. The number of H-pyrrole nitrogens is 1. The van der Waals surface area contributed by atoms with Crippen molar-refractivity contribution in [3.8, 4) is 6.07 Å². The van der Waals surface area contributed by atoms with Crippen LogP contribution < -0.4 is 10.9 Å². The van der Waals surface area contributed by atoms with E-state index < -0.39 is 11.5 Å². The van der Waals surface area contributed by atoms with Gasteiger partial charge in [0.2, 0.25) is 5.91 Å². The van der Waals surface area contributed by atoms with Crippen molar-refractivity contribution in [2.45, 2.75) is 25.4 Å². The number of anilines is 1. The van der Waals surface area contributed by atoms with Gasteiger partial charge >= 0.3 is 5.97 Å². The van der Waals surface area contributed by atoms with Gasteiger partial charge in [0.15, 0.2) is 16.0 Å². The number of nitrogens with one attached hydrogen (secondary N) is 2. The van der Waals surface area contributed by atoms with Crippen LogP contribution in [-0.2, 0) is 16.0 Å². The zero-order valence-corrected chi connectivity index (χ0v) is 16.8. The summed E-state index contributed by atoms with van der Waals surface area (Å²) in [6.07, 6.45) is 1.88. The fourth-order valence-corrected chi connectivity index (χ4v) is 3.57. The standard InChI is InChI=1S/C17H17N5O4S2/c1-4-6-26-15(25)13-9(3)28-17(21-13)20-12(23)8-27-16-19-11(5-2)10(7-18)14(24)22-16/h4H,1,5-6,8H2,2-3H3,(H,19,22,24)(H,20,21,23). The fourth-order valence-electron chi connectivity index (χ4n) is 2.07. The quantitative estimate of drug-likeness (QED) is 0.287. The maximum atomic E-state index is 12.1. The van der Waals surface area contributed by atoms with Crippen molar-refractivity contribution in [2.75, 3.05) is 17.7 Å². The Morgan fingerprint density at radius 1 is 1.46 bits per heavy atom. The average molecular weight is 419 g/mol. The lowest BCUT2D eigenvalue weighted by molar-refractivity contribution is -0.113. The van der Waals surface area contributed by atoms with Crippen molar-refractivity contribution in [2.24, 2.45) is 0 Å². The zero-order chi connectivity index (χ0) is 20.7. The number of amides is 1. The van der Waals surface area contributed by atoms with Crippen LogP contribution in [0.4, 0.5) is 5.13 Å². The van der Waals surface area contributed by atoms with Crippen molar-refractivity contribution < 1.29 is 14.3 Å². The van der Waals surface area contributed by atoms with Gasteiger partial charge in [0.25, 0.3) is 5.56 Å². The van der Waals surface area contributed by atoms with E-state index in [0.717, 1.165) is 23.1 Å². The number of carbonyl (C=O) groups excluding carboxylic acids is 2. The highest BCUT2D eigenvalue weighted by Crippen LogP contribution is 2.23. The lowest BCUT2D eigenvalue weighted by Crippen LogP contribution is -2.18. The van der Waals surface area contributed by atoms with Gasteiger partial charge in [-0.15, -0.1) is 11.3 Å². The monoisotopic (exact) mass is 419 g/mol. The second-order valence-electron chi connectivity index (χ2n) is 5.31. The van der Waals surface area contributed by atoms with Crippen molar-refractivity contribution in [1.82, 2.24) is 15.0 Å². The molecule has 0 saturated carbocycles. The van der Waals surface area contributed by atoms with E-state index >= 15 is 0 Å². The number of nitrogens with zero attached hydrogens (tertiary/aromatic N) is 3. The number of rotatable bonds is 8. The molecule has 0 aliphatic rings. The summed E-state index contributed by atoms with van der Waals surface area (Å²) in [5, 5.41) is 12.1. The molecule has 0 aromatic carbocycles. The van der Waals surface area contributed by atoms with Crippen LogP contribution in [-0.4, -0.2) is 39.2 Å². The van der Waals surface area contributed by atoms with Crippen LogP contribution in [0.5, 0.6) is 0 Å². The molecule has 0 radical (unpaired) electrons. The van der Waals surface area contributed by atoms with Crippen LogP contribution in [0.3, 0.4) is 0 Å². The average Bonchev–Trinajstić information content (AvgIpc) is 3.03. The first-order chi connectivity index (χ1) is 13.4. The van der Waals surface area contributed by atoms with Crippen LogP contribution in [0, 0.1) is 18.3 Å². The van der Waals surface area contributed by atoms with Gasteiger partial charge in [-0.05, 0) is 13.3 Å². The number of esters is 1. The van der Waals surface area contributed by atoms with Gasteiger partial charge in [0.05, 0.1) is 11.4 Å². The highest BCUT2D eigenvalue weighted by atomic mass is 32.2. The minimum absolute atomic E-state index is 0.0227. The molecular weight excluding hydrogens is 402 g/mol. The third-order valence-electron chi connectivity index (χ3n) is 3.33. The number of aromatic amines is 1. The van der Waals surface area contributed by atoms with E-state index in [4.69, 9.17) is 10.00 Å². The summed E-state index contributed by atoms with van der Waals surface area (Å²) < 4.78 is 4.94. The Morgan fingerprint density at radius 2 is 2.21 bits per heavy atom. The Morgan fingerprint density at radius 3 is 2.86 bits per heavy atom. The largest absolute Gasteiger partial charge is 0.457 e. The van der Waals surface area contributed by atoms with Crippen LogP contribution >= 0.6 is 23.1 Å². The van der Waals surface area contributed by atoms with Gasteiger partial charge in [-0.1, -0.05) is 31.3 Å². The molecule has 0 atom stereocenters. The Hall–Kier alpha value is -2.97. The Bertz CT molecular complexity index is 1010. The summed E-state index contributed by atoms with van der Waals surface area (Å²) in [4.78, 5) is 47.3. The minimum Gasteiger partial charge on any atom is -0.457 e. The third kappa shape index (κ3) is 5.28. The molecule has 0 aliphatic heterocycles. The van der Waals surface area contributed by atoms with E-state index in [1.54, 1.807) is 13.8 Å². The Balaban J connectivity index is 2.01. The molecule has 2 heterocycles. The SMILES string of the molecule is C=CCOC(=O)c1nc(NC(=O)CSc2nc(CC)c(C#N)c(=O)[nH]2)sc1C. The molecule has 2 aromatic rings. The van der Waals surface area contributed by atoms with E-state index in [1.807, 2.05) is 6.07 Å². The molecule has 2 rings (SSSR count). The molecule has 2 aromatic heterocycles. The van der Waals surface area contributed by atoms with Gasteiger partial charge in [-0.2, -0.15) is 5.26 Å². The first kappa shape index (κ1) is 21.3. The van der Waals surface area contributed by atoms with E-state index in [0.29, 0.717) is 17.0 Å². The molecule has 1 amide bonds. The van der Waals surface area contributed by atoms with Gasteiger partial charge in [0.1, 0.15) is 18.2 Å². The van der Waals surface area contributed by atoms with Crippen LogP contribution in [0.15, 0.2) is 22.6 Å². The lowest BCUT2D eigenvalue weighted by Gasteiger charge is -2.04. The Kier molecular flexibility index (Phi) is 7.48. The summed E-state index contributed by atoms with van der Waals surface area (Å²) in [6, 6.07) is 1.82. The summed E-state index contributed by atoms with van der Waals surface area (Å²) in [5.41, 5.74) is -0.0335. The molecule has 2 N–H and O–H groups in total. The summed E-state index contributed by atoms with van der Waals surface area (Å²) in [6.45, 7) is 7.02. The maximum absolute atomic E-state index is 12.1. The number of hydrogen-bond acceptors (Lipinski definition) is 9. The molecule has 28 heavy (non-hydrogen) atoms. The van der Waals surface area contributed by atoms with Crippen molar-refractivity contribution in [1.29, 1.82) is 5.26 Å². The molecule has 0 spiro atoms. The van der Waals surface area contributed by atoms with Gasteiger partial charge < -0.3 is 15.0 Å². The van der Waals surface area contributed by atoms with Crippen LogP contribution in [0.1, 0.15) is 33.5 Å². The smallest absolute Gasteiger partial charge is 0.358 e. The first-order valence-electron chi connectivity index (χ1n) is 8.10. The zero-order valence-electron chi connectivity index (χ0n) is 15.2. The molecule has 0 bridgehead atoms. The molecular formula is C17H17N5O4S2. The normalized spacial score (nSPS) is 10.2. The summed E-state index contributed by atoms with van der Waals surface area (Å²) in [5.74, 6) is -1.00. The third-order valence-corrected chi connectivity index (χ3v) is 5.09. The topological polar surface area (TPSA) is 138 Å². The van der Waals surface area contributed by atoms with Crippen LogP contribution in [0.2, 0.25) is 0 Å². The predicted octanol–water partition coefficient (Wildman–Crippen LogP) is 2.04. The summed E-state index contributed by atoms with van der Waals surface area (Å²) >= 11 is 2.18. The molecule has 11 heteroatoms. The van der Waals surface area contributed by atoms with E-state index in [-0.39, 0.29) is 39.8 Å². The van der Waals surface area contributed by atoms with Crippen LogP contribution in [0.25, 0.3) is 0 Å². The number of thioether (sulfide) groups is 1. The lowest BCUT2D eigenvalue weighted by atomic mass is 10.2. The molecule has 0 unspecified atom stereocenters. The molecule has 0 saturated heterocycles. The number of nitriles is 1. The van der Waals surface area contributed by atoms with Crippen molar-refractivity contribution >= 4 is 40.1 Å². The Labute approximate surface area is 168 Å². The fraction of sp³-hybridized carbons (Fsp3) is 0.294. The number of hydrogen-bond donors (Lipinski definition) is 2. The minimum atomic E-state index is -0.588. The van der Waals surface area contributed by atoms with Crippen molar-refractivity contribution in [3.05, 3.63) is 44.8 Å². The number of carbonyl (C=O) groups is 2. The first-order valence-corrected chi connectivity index (χ1v) is 9.91.